The van der Waals surface area contributed by atoms with Crippen LogP contribution in [0.5, 0.6) is 0 Å². The summed E-state index contributed by atoms with van der Waals surface area (Å²) in [5.41, 5.74) is 7.54. The molecule has 0 N–H and O–H groups in total. The fourth-order valence-electron chi connectivity index (χ4n) is 5.45. The molecule has 0 radical (unpaired) electrons. The van der Waals surface area contributed by atoms with Crippen LogP contribution in [0.1, 0.15) is 11.1 Å². The van der Waals surface area contributed by atoms with Crippen molar-refractivity contribution in [2.45, 2.75) is 13.8 Å². The predicted octanol–water partition coefficient (Wildman–Crippen LogP) is 15.7. The van der Waals surface area contributed by atoms with Crippen LogP contribution in [0.4, 0.5) is 0 Å². The average molecular weight is 900 g/mol. The molecular formula is C36H20Br4S4. The number of hydrogen-bond acceptors (Lipinski definition) is 4. The molecule has 0 nitrogen and oxygen atoms in total. The highest BCUT2D eigenvalue weighted by atomic mass is 79.9. The number of thiophene rings is 4. The zero-order chi connectivity index (χ0) is 30.3. The normalized spacial score (nSPS) is 11.9. The fraction of sp³-hybridized carbons (Fsp3) is 0.0556. The monoisotopic (exact) mass is 896 g/mol. The molecule has 4 heterocycles. The quantitative estimate of drug-likeness (QED) is 0.165. The Morgan fingerprint density at radius 3 is 1.11 bits per heavy atom. The van der Waals surface area contributed by atoms with E-state index in [0.29, 0.717) is 0 Å². The molecule has 0 saturated carbocycles. The second kappa shape index (κ2) is 11.6. The summed E-state index contributed by atoms with van der Waals surface area (Å²) < 4.78 is 9.78. The van der Waals surface area contributed by atoms with Gasteiger partial charge in [0.15, 0.2) is 0 Å². The summed E-state index contributed by atoms with van der Waals surface area (Å²) in [5, 5.41) is 2.51. The van der Waals surface area contributed by atoms with E-state index >= 15 is 0 Å². The third kappa shape index (κ3) is 4.96. The Hall–Kier alpha value is -1.62. The SMILES string of the molecule is Cc1ccc(-c2ccc3c(Br)c(-c4sc5c(Br)c(-c6sc7cc(-c8ccc(C)cc8)ccc7c6Br)sc5c4Br)sc3c2)cc1. The van der Waals surface area contributed by atoms with Gasteiger partial charge in [0.1, 0.15) is 0 Å². The zero-order valence-corrected chi connectivity index (χ0v) is 32.8. The molecule has 44 heavy (non-hydrogen) atoms. The van der Waals surface area contributed by atoms with Crippen LogP contribution in [0.2, 0.25) is 0 Å². The van der Waals surface area contributed by atoms with Crippen LogP contribution in [0, 0.1) is 13.8 Å². The van der Waals surface area contributed by atoms with Gasteiger partial charge in [0.2, 0.25) is 0 Å². The highest BCUT2D eigenvalue weighted by Gasteiger charge is 2.25. The summed E-state index contributed by atoms with van der Waals surface area (Å²) in [6.45, 7) is 4.26. The number of benzene rings is 4. The van der Waals surface area contributed by atoms with E-state index in [1.807, 2.05) is 45.3 Å². The van der Waals surface area contributed by atoms with Crippen molar-refractivity contribution in [3.8, 4) is 41.8 Å². The van der Waals surface area contributed by atoms with E-state index in [-0.39, 0.29) is 0 Å². The average Bonchev–Trinajstić information content (AvgIpc) is 3.74. The largest absolute Gasteiger partial charge is 0.133 e. The van der Waals surface area contributed by atoms with Crippen molar-refractivity contribution in [1.82, 2.24) is 0 Å². The van der Waals surface area contributed by atoms with E-state index in [9.17, 15) is 0 Å². The molecule has 4 aromatic carbocycles. The third-order valence-corrected chi connectivity index (χ3v) is 17.8. The molecule has 0 atom stereocenters. The molecule has 0 spiro atoms. The first-order chi connectivity index (χ1) is 21.3. The molecule has 0 amide bonds. The lowest BCUT2D eigenvalue weighted by molar-refractivity contribution is 1.47. The Bertz CT molecular complexity index is 2220. The first kappa shape index (κ1) is 29.8. The van der Waals surface area contributed by atoms with Crippen LogP contribution in [0.15, 0.2) is 103 Å². The van der Waals surface area contributed by atoms with Crippen molar-refractivity contribution in [2.75, 3.05) is 0 Å². The molecule has 8 rings (SSSR count). The Morgan fingerprint density at radius 1 is 0.386 bits per heavy atom. The summed E-state index contributed by atoms with van der Waals surface area (Å²) in [5.74, 6) is 0. The molecular weight excluding hydrogens is 880 g/mol. The van der Waals surface area contributed by atoms with Gasteiger partial charge in [-0.15, -0.1) is 45.3 Å². The number of fused-ring (bicyclic) bond motifs is 3. The van der Waals surface area contributed by atoms with Gasteiger partial charge in [-0.1, -0.05) is 83.9 Å². The summed E-state index contributed by atoms with van der Waals surface area (Å²) >= 11 is 23.4. The lowest BCUT2D eigenvalue weighted by Gasteiger charge is -2.02. The zero-order valence-electron chi connectivity index (χ0n) is 23.2. The Morgan fingerprint density at radius 2 is 0.727 bits per heavy atom. The molecule has 0 aliphatic heterocycles. The van der Waals surface area contributed by atoms with Crippen molar-refractivity contribution in [2.24, 2.45) is 0 Å². The van der Waals surface area contributed by atoms with Gasteiger partial charge >= 0.3 is 0 Å². The van der Waals surface area contributed by atoms with E-state index in [0.717, 1.165) is 8.95 Å². The molecule has 0 bridgehead atoms. The van der Waals surface area contributed by atoms with Crippen molar-refractivity contribution in [3.63, 3.8) is 0 Å². The molecule has 4 aromatic heterocycles. The standard InChI is InChI=1S/C36H20Br4S4/c1-17-3-7-19(8-4-17)21-11-13-23-25(15-21)41-31(27(23)37)33-29(39)35-36(43-33)30(40)34(44-35)32-28(38)24-14-12-22(16-26(24)42-32)20-9-5-18(2)6-10-20/h3-16H,1-2H3. The van der Waals surface area contributed by atoms with Gasteiger partial charge in [0.05, 0.1) is 37.9 Å². The van der Waals surface area contributed by atoms with Crippen LogP contribution < -0.4 is 0 Å². The number of halogens is 4. The highest BCUT2D eigenvalue weighted by Crippen LogP contribution is 2.58. The smallest absolute Gasteiger partial charge is 0.0618 e. The van der Waals surface area contributed by atoms with E-state index in [1.165, 1.54) is 91.4 Å². The molecule has 216 valence electrons. The second-order valence-corrected chi connectivity index (χ2v) is 18.1. The lowest BCUT2D eigenvalue weighted by Crippen LogP contribution is -1.78. The highest BCUT2D eigenvalue weighted by molar-refractivity contribution is 9.11. The van der Waals surface area contributed by atoms with Gasteiger partial charge in [0, 0.05) is 29.1 Å². The van der Waals surface area contributed by atoms with E-state index in [4.69, 9.17) is 0 Å². The lowest BCUT2D eigenvalue weighted by atomic mass is 10.0. The van der Waals surface area contributed by atoms with Gasteiger partial charge < -0.3 is 0 Å². The third-order valence-electron chi connectivity index (χ3n) is 7.85. The number of aryl methyl sites for hydroxylation is 2. The van der Waals surface area contributed by atoms with Crippen molar-refractivity contribution in [3.05, 3.63) is 114 Å². The Labute approximate surface area is 304 Å². The van der Waals surface area contributed by atoms with Crippen molar-refractivity contribution < 1.29 is 0 Å². The molecule has 8 heteroatoms. The van der Waals surface area contributed by atoms with Crippen LogP contribution in [0.3, 0.4) is 0 Å². The van der Waals surface area contributed by atoms with Gasteiger partial charge in [-0.25, -0.2) is 0 Å². The maximum atomic E-state index is 4.03. The van der Waals surface area contributed by atoms with E-state index in [1.54, 1.807) is 0 Å². The Balaban J connectivity index is 1.19. The van der Waals surface area contributed by atoms with Crippen LogP contribution in [-0.2, 0) is 0 Å². The van der Waals surface area contributed by atoms with Gasteiger partial charge in [-0.05, 0) is 112 Å². The van der Waals surface area contributed by atoms with Crippen LogP contribution in [0.25, 0.3) is 71.3 Å². The number of hydrogen-bond donors (Lipinski definition) is 0. The maximum Gasteiger partial charge on any atom is 0.0618 e. The maximum absolute atomic E-state index is 4.03. The molecule has 0 unspecified atom stereocenters. The van der Waals surface area contributed by atoms with Gasteiger partial charge in [0.25, 0.3) is 0 Å². The molecule has 0 aliphatic rings. The van der Waals surface area contributed by atoms with E-state index < -0.39 is 0 Å². The predicted molar refractivity (Wildman–Crippen MR) is 212 cm³/mol. The molecule has 0 fully saturated rings. The van der Waals surface area contributed by atoms with E-state index in [2.05, 4.69) is 162 Å². The first-order valence-corrected chi connectivity index (χ1v) is 20.2. The summed E-state index contributed by atoms with van der Waals surface area (Å²) in [7, 11) is 0. The van der Waals surface area contributed by atoms with Crippen molar-refractivity contribution in [1.29, 1.82) is 0 Å². The van der Waals surface area contributed by atoms with Gasteiger partial charge in [-0.3, -0.25) is 0 Å². The molecule has 0 aliphatic carbocycles. The van der Waals surface area contributed by atoms with Crippen molar-refractivity contribution >= 4 is 139 Å². The minimum Gasteiger partial charge on any atom is -0.133 e. The molecule has 0 saturated heterocycles. The van der Waals surface area contributed by atoms with Crippen LogP contribution in [-0.4, -0.2) is 0 Å². The molecule has 8 aromatic rings. The minimum atomic E-state index is 1.16. The number of rotatable bonds is 4. The topological polar surface area (TPSA) is 0 Å². The first-order valence-electron chi connectivity index (χ1n) is 13.8. The second-order valence-electron chi connectivity index (χ2n) is 10.8. The van der Waals surface area contributed by atoms with Crippen LogP contribution >= 0.6 is 109 Å². The van der Waals surface area contributed by atoms with Gasteiger partial charge in [-0.2, -0.15) is 0 Å². The fourth-order valence-corrected chi connectivity index (χ4v) is 14.8. The summed E-state index contributed by atoms with van der Waals surface area (Å²) in [4.78, 5) is 5.06. The Kier molecular flexibility index (Phi) is 7.82. The minimum absolute atomic E-state index is 1.16. The summed E-state index contributed by atoms with van der Waals surface area (Å²) in [6.07, 6.45) is 0. The summed E-state index contributed by atoms with van der Waals surface area (Å²) in [6, 6.07) is 31.1.